The minimum Gasteiger partial charge on any atom is -0.166 e. The molecule has 0 atom stereocenters. The molecule has 0 unspecified atom stereocenters. The Morgan fingerprint density at radius 3 is 2.55 bits per heavy atom. The van der Waals surface area contributed by atoms with Crippen molar-refractivity contribution < 1.29 is 13.2 Å². The number of alkyl halides is 3. The summed E-state index contributed by atoms with van der Waals surface area (Å²) in [6.07, 6.45) is 5.18. The van der Waals surface area contributed by atoms with Crippen LogP contribution in [-0.2, 0) is 0 Å². The van der Waals surface area contributed by atoms with Crippen molar-refractivity contribution in [3.63, 3.8) is 0 Å². The molecule has 2 aliphatic carbocycles. The average molecular weight is 281 g/mol. The minimum absolute atomic E-state index is 0.171. The molecule has 0 heterocycles. The summed E-state index contributed by atoms with van der Waals surface area (Å²) < 4.78 is 39.3. The molecule has 1 fully saturated rings. The molecule has 0 spiro atoms. The Kier molecular flexibility index (Phi) is 4.96. The van der Waals surface area contributed by atoms with E-state index < -0.39 is 11.7 Å². The summed E-state index contributed by atoms with van der Waals surface area (Å²) in [4.78, 5) is 0. The predicted molar refractivity (Wildman–Crippen MR) is 74.7 cm³/mol. The molecular weight excluding hydrogens is 261 g/mol. The van der Waals surface area contributed by atoms with Gasteiger partial charge < -0.3 is 0 Å². The van der Waals surface area contributed by atoms with Gasteiger partial charge >= 0.3 is 6.18 Å². The first-order valence-electron chi connectivity index (χ1n) is 7.36. The van der Waals surface area contributed by atoms with E-state index in [9.17, 15) is 13.2 Å². The summed E-state index contributed by atoms with van der Waals surface area (Å²) in [5, 5.41) is 0. The Balaban J connectivity index is 2.25. The number of halogens is 3. The lowest BCUT2D eigenvalue weighted by Gasteiger charge is -2.19. The van der Waals surface area contributed by atoms with E-state index >= 15 is 0 Å². The monoisotopic (exact) mass is 281 g/mol. The second kappa shape index (κ2) is 6.52. The molecule has 20 heavy (non-hydrogen) atoms. The van der Waals surface area contributed by atoms with Crippen LogP contribution in [0, 0.1) is 24.2 Å². The van der Waals surface area contributed by atoms with Crippen molar-refractivity contribution in [2.75, 3.05) is 0 Å². The van der Waals surface area contributed by atoms with E-state index in [2.05, 4.69) is 11.8 Å². The van der Waals surface area contributed by atoms with Crippen LogP contribution in [0.3, 0.4) is 0 Å². The highest BCUT2D eigenvalue weighted by molar-refractivity contribution is 5.51. The Hall–Kier alpha value is -1.17. The van der Waals surface area contributed by atoms with Crippen LogP contribution in [0.5, 0.6) is 0 Å². The second-order valence-corrected chi connectivity index (χ2v) is 5.54. The summed E-state index contributed by atoms with van der Waals surface area (Å²) in [5.41, 5.74) is 0.466. The second-order valence-electron chi connectivity index (χ2n) is 5.54. The normalized spacial score (nSPS) is 20.7. The summed E-state index contributed by atoms with van der Waals surface area (Å²) in [6.45, 7) is 1.98. The Morgan fingerprint density at radius 2 is 1.95 bits per heavy atom. The van der Waals surface area contributed by atoms with Gasteiger partial charge in [-0.3, -0.25) is 0 Å². The Labute approximate surface area is 119 Å². The molecule has 0 saturated heterocycles. The van der Waals surface area contributed by atoms with E-state index in [0.29, 0.717) is 6.42 Å². The lowest BCUT2D eigenvalue weighted by Crippen LogP contribution is -2.16. The van der Waals surface area contributed by atoms with Crippen LogP contribution in [0.2, 0.25) is 0 Å². The minimum atomic E-state index is -4.31. The van der Waals surface area contributed by atoms with Gasteiger partial charge in [0.1, 0.15) is 0 Å². The Bertz CT molecular complexity index is 463. The van der Waals surface area contributed by atoms with Crippen LogP contribution in [0.15, 0.2) is 22.8 Å². The summed E-state index contributed by atoms with van der Waals surface area (Å²) in [5.74, 6) is 6.11. The molecule has 0 aromatic carbocycles. The highest BCUT2D eigenvalue weighted by atomic mass is 19.4. The SMILES string of the molecule is CCCC1=CC(C(F)(F)F)=C(C#CC2CCCC2)[CH]C1. The molecule has 0 bridgehead atoms. The van der Waals surface area contributed by atoms with Crippen molar-refractivity contribution in [1.29, 1.82) is 0 Å². The van der Waals surface area contributed by atoms with E-state index in [4.69, 9.17) is 0 Å². The highest BCUT2D eigenvalue weighted by Gasteiger charge is 2.36. The van der Waals surface area contributed by atoms with E-state index in [1.807, 2.05) is 6.92 Å². The first-order valence-corrected chi connectivity index (χ1v) is 7.36. The summed E-state index contributed by atoms with van der Waals surface area (Å²) >= 11 is 0. The quantitative estimate of drug-likeness (QED) is 0.597. The lowest BCUT2D eigenvalue weighted by atomic mass is 9.89. The smallest absolute Gasteiger partial charge is 0.166 e. The van der Waals surface area contributed by atoms with Crippen molar-refractivity contribution >= 4 is 0 Å². The first kappa shape index (κ1) is 15.2. The molecule has 0 aromatic rings. The molecule has 109 valence electrons. The van der Waals surface area contributed by atoms with Crippen LogP contribution in [0.1, 0.15) is 51.9 Å². The topological polar surface area (TPSA) is 0 Å². The standard InChI is InChI=1S/C17H20F3/c1-2-5-14-9-11-15(16(12-14)17(18,19)20)10-8-13-6-3-4-7-13/h11-13H,2-7,9H2,1H3. The van der Waals surface area contributed by atoms with Gasteiger partial charge in [-0.2, -0.15) is 13.2 Å². The fourth-order valence-corrected chi connectivity index (χ4v) is 2.78. The van der Waals surface area contributed by atoms with Crippen molar-refractivity contribution in [2.24, 2.45) is 5.92 Å². The number of rotatable bonds is 2. The van der Waals surface area contributed by atoms with Crippen LogP contribution >= 0.6 is 0 Å². The third-order valence-corrected chi connectivity index (χ3v) is 3.85. The van der Waals surface area contributed by atoms with Crippen LogP contribution < -0.4 is 0 Å². The maximum Gasteiger partial charge on any atom is 0.417 e. The van der Waals surface area contributed by atoms with Gasteiger partial charge in [0.2, 0.25) is 0 Å². The fraction of sp³-hybridized carbons (Fsp3) is 0.588. The Morgan fingerprint density at radius 1 is 1.25 bits per heavy atom. The zero-order chi connectivity index (χ0) is 14.6. The number of hydrogen-bond acceptors (Lipinski definition) is 0. The average Bonchev–Trinajstić information content (AvgIpc) is 2.89. The molecule has 0 aliphatic heterocycles. The molecule has 2 rings (SSSR count). The molecule has 0 N–H and O–H groups in total. The summed E-state index contributed by atoms with van der Waals surface area (Å²) in [7, 11) is 0. The number of allylic oxidation sites excluding steroid dienone is 4. The van der Waals surface area contributed by atoms with Crippen molar-refractivity contribution in [2.45, 2.75) is 58.0 Å². The van der Waals surface area contributed by atoms with Crippen molar-refractivity contribution in [3.8, 4) is 11.8 Å². The van der Waals surface area contributed by atoms with Crippen molar-refractivity contribution in [3.05, 3.63) is 29.2 Å². The first-order chi connectivity index (χ1) is 9.50. The summed E-state index contributed by atoms with van der Waals surface area (Å²) in [6, 6.07) is 0. The lowest BCUT2D eigenvalue weighted by molar-refractivity contribution is -0.0889. The molecular formula is C17H20F3. The highest BCUT2D eigenvalue weighted by Crippen LogP contribution is 2.36. The van der Waals surface area contributed by atoms with E-state index in [1.54, 1.807) is 6.42 Å². The molecule has 1 saturated carbocycles. The van der Waals surface area contributed by atoms with Gasteiger partial charge in [0.05, 0.1) is 5.57 Å². The van der Waals surface area contributed by atoms with Crippen molar-refractivity contribution in [1.82, 2.24) is 0 Å². The zero-order valence-electron chi connectivity index (χ0n) is 11.8. The van der Waals surface area contributed by atoms with Gasteiger partial charge in [-0.1, -0.05) is 43.6 Å². The van der Waals surface area contributed by atoms with Crippen LogP contribution in [0.4, 0.5) is 13.2 Å². The molecule has 0 amide bonds. The maximum atomic E-state index is 13.1. The van der Waals surface area contributed by atoms with Gasteiger partial charge in [0, 0.05) is 17.9 Å². The van der Waals surface area contributed by atoms with E-state index in [0.717, 1.165) is 44.1 Å². The van der Waals surface area contributed by atoms with Gasteiger partial charge in [0.15, 0.2) is 0 Å². The van der Waals surface area contributed by atoms with Crippen LogP contribution in [0.25, 0.3) is 0 Å². The van der Waals surface area contributed by atoms with Gasteiger partial charge in [0.25, 0.3) is 0 Å². The van der Waals surface area contributed by atoms with Crippen LogP contribution in [-0.4, -0.2) is 6.18 Å². The van der Waals surface area contributed by atoms with Gasteiger partial charge in [-0.05, 0) is 31.8 Å². The van der Waals surface area contributed by atoms with E-state index in [-0.39, 0.29) is 11.5 Å². The van der Waals surface area contributed by atoms with Gasteiger partial charge in [-0.25, -0.2) is 0 Å². The molecule has 3 heteroatoms. The number of hydrogen-bond donors (Lipinski definition) is 0. The third-order valence-electron chi connectivity index (χ3n) is 3.85. The van der Waals surface area contributed by atoms with E-state index in [1.165, 1.54) is 6.08 Å². The molecule has 0 nitrogen and oxygen atoms in total. The fourth-order valence-electron chi connectivity index (χ4n) is 2.78. The largest absolute Gasteiger partial charge is 0.417 e. The molecule has 0 aromatic heterocycles. The maximum absolute atomic E-state index is 13.1. The third kappa shape index (κ3) is 3.91. The molecule has 2 aliphatic rings. The predicted octanol–water partition coefficient (Wildman–Crippen LogP) is 5.37. The molecule has 1 radical (unpaired) electrons. The van der Waals surface area contributed by atoms with Gasteiger partial charge in [-0.15, -0.1) is 0 Å². The zero-order valence-corrected chi connectivity index (χ0v) is 11.8.